The summed E-state index contributed by atoms with van der Waals surface area (Å²) in [5.74, 6) is -0.771. The third-order valence-electron chi connectivity index (χ3n) is 17.2. The zero-order valence-corrected chi connectivity index (χ0v) is 54.0. The lowest BCUT2D eigenvalue weighted by Crippen LogP contribution is -2.66. The molecule has 4 saturated heterocycles. The molecular formula is C64H90F2N14O9S. The van der Waals surface area contributed by atoms with E-state index in [9.17, 15) is 19.2 Å². The normalized spacial score (nSPS) is 18.4. The van der Waals surface area contributed by atoms with Crippen LogP contribution in [0.5, 0.6) is 0 Å². The van der Waals surface area contributed by atoms with Crippen LogP contribution in [-0.4, -0.2) is 193 Å². The van der Waals surface area contributed by atoms with Crippen LogP contribution in [0.1, 0.15) is 109 Å². The Morgan fingerprint density at radius 3 is 2.16 bits per heavy atom. The van der Waals surface area contributed by atoms with E-state index in [1.54, 1.807) is 25.8 Å². The van der Waals surface area contributed by atoms with E-state index >= 15 is 8.78 Å². The smallest absolute Gasteiger partial charge is 0.246 e. The summed E-state index contributed by atoms with van der Waals surface area (Å²) >= 11 is 1.59. The second-order valence-electron chi connectivity index (χ2n) is 25.8. The largest absolute Gasteiger partial charge is 0.377 e. The Morgan fingerprint density at radius 1 is 0.811 bits per heavy atom. The van der Waals surface area contributed by atoms with Gasteiger partial charge in [-0.25, -0.2) is 28.4 Å². The van der Waals surface area contributed by atoms with Gasteiger partial charge >= 0.3 is 0 Å². The number of thiazole rings is 1. The van der Waals surface area contributed by atoms with E-state index in [-0.39, 0.29) is 61.2 Å². The van der Waals surface area contributed by atoms with Gasteiger partial charge in [0, 0.05) is 50.4 Å². The van der Waals surface area contributed by atoms with E-state index in [0.29, 0.717) is 129 Å². The van der Waals surface area contributed by atoms with Gasteiger partial charge in [-0.05, 0) is 93.5 Å². The van der Waals surface area contributed by atoms with Gasteiger partial charge in [0.25, 0.3) is 0 Å². The zero-order valence-electron chi connectivity index (χ0n) is 53.2. The van der Waals surface area contributed by atoms with Crippen molar-refractivity contribution in [1.82, 2.24) is 55.7 Å². The second-order valence-corrected chi connectivity index (χ2v) is 26.6. The number of benzene rings is 2. The average Bonchev–Trinajstić information content (AvgIpc) is 1.12. The van der Waals surface area contributed by atoms with Crippen molar-refractivity contribution >= 4 is 52.3 Å². The van der Waals surface area contributed by atoms with Gasteiger partial charge in [-0.1, -0.05) is 64.1 Å². The monoisotopic (exact) mass is 1270 g/mol. The van der Waals surface area contributed by atoms with Crippen LogP contribution < -0.4 is 31.1 Å². The number of hydrogen-bond acceptors (Lipinski definition) is 19. The molecular weight excluding hydrogens is 1180 g/mol. The van der Waals surface area contributed by atoms with Crippen molar-refractivity contribution < 1.29 is 51.6 Å². The number of amides is 4. The number of rotatable bonds is 30. The molecule has 490 valence electrons. The number of nitrogens with one attached hydrogen (secondary N) is 4. The van der Waals surface area contributed by atoms with E-state index in [4.69, 9.17) is 23.7 Å². The quantitative estimate of drug-likeness (QED) is 0.0360. The molecule has 0 radical (unpaired) electrons. The molecule has 3 aromatic heterocycles. The van der Waals surface area contributed by atoms with Crippen LogP contribution in [0, 0.1) is 29.4 Å². The molecule has 0 aliphatic carbocycles. The number of nitrogens with zero attached hydrogens (tertiary/aromatic N) is 10. The van der Waals surface area contributed by atoms with Crippen molar-refractivity contribution in [1.29, 1.82) is 0 Å². The van der Waals surface area contributed by atoms with Crippen molar-refractivity contribution in [2.75, 3.05) is 127 Å². The second kappa shape index (κ2) is 31.5. The van der Waals surface area contributed by atoms with Gasteiger partial charge in [-0.2, -0.15) is 0 Å². The number of aryl methyl sites for hydroxylation is 1. The highest BCUT2D eigenvalue weighted by molar-refractivity contribution is 7.13. The number of ether oxygens (including phenoxy) is 5. The number of piperazine rings is 1. The van der Waals surface area contributed by atoms with Gasteiger partial charge in [0.2, 0.25) is 23.6 Å². The van der Waals surface area contributed by atoms with Crippen molar-refractivity contribution in [3.05, 3.63) is 94.6 Å². The van der Waals surface area contributed by atoms with Crippen LogP contribution in [0.15, 0.2) is 60.5 Å². The fourth-order valence-corrected chi connectivity index (χ4v) is 12.6. The topological polar surface area (TPSA) is 245 Å². The Bertz CT molecular complexity index is 3160. The Kier molecular flexibility index (Phi) is 23.6. The number of hydrogen-bond donors (Lipinski definition) is 4. The number of carbonyl (C=O) groups excluding carboxylic acids is 4. The fraction of sp³-hybridized carbons (Fsp3) is 0.609. The van der Waals surface area contributed by atoms with Gasteiger partial charge in [-0.15, -0.1) is 16.4 Å². The fourth-order valence-electron chi connectivity index (χ4n) is 11.8. The van der Waals surface area contributed by atoms with Crippen molar-refractivity contribution in [3.63, 3.8) is 0 Å². The summed E-state index contributed by atoms with van der Waals surface area (Å²) in [6.45, 7) is 21.8. The number of carbonyl (C=O) groups is 4. The van der Waals surface area contributed by atoms with E-state index in [0.717, 1.165) is 59.1 Å². The van der Waals surface area contributed by atoms with E-state index in [1.807, 2.05) is 76.7 Å². The molecule has 26 heteroatoms. The summed E-state index contributed by atoms with van der Waals surface area (Å²) in [5.41, 5.74) is 5.05. The predicted octanol–water partition coefficient (Wildman–Crippen LogP) is 6.47. The molecule has 0 bridgehead atoms. The lowest BCUT2D eigenvalue weighted by Gasteiger charge is -2.48. The van der Waals surface area contributed by atoms with Crippen molar-refractivity contribution in [2.45, 2.75) is 130 Å². The zero-order chi connectivity index (χ0) is 63.8. The number of aromatic nitrogens is 6. The van der Waals surface area contributed by atoms with E-state index in [1.165, 1.54) is 18.5 Å². The molecule has 3 atom stereocenters. The SMILES string of the molecule is Cc1ncsc1-c1ccc([C@H](C)NC(=O)[C@@H]2CCCN2C(=O)[C@@H](NC(=O)COCCOCCOCCOCCOCCn2cc(CNc3cc(N4CCC5(CC4)CN(c4cc(F)c(CN6CCC(C)(C)CC6)cc4F)CC(=O)N5)ncn3)nn2)C(C)(C)C)cc1. The number of piperidine rings is 2. The summed E-state index contributed by atoms with van der Waals surface area (Å²) in [5, 5.41) is 21.0. The molecule has 7 heterocycles. The number of likely N-dealkylation sites (tertiary alicyclic amines) is 2. The average molecular weight is 1270 g/mol. The van der Waals surface area contributed by atoms with Gasteiger partial charge in [0.15, 0.2) is 0 Å². The minimum absolute atomic E-state index is 0.0410. The summed E-state index contributed by atoms with van der Waals surface area (Å²) in [7, 11) is 0. The molecule has 4 aliphatic rings. The minimum atomic E-state index is -0.863. The summed E-state index contributed by atoms with van der Waals surface area (Å²) in [6, 6.07) is 10.7. The number of anilines is 3. The molecule has 0 saturated carbocycles. The maximum absolute atomic E-state index is 15.7. The highest BCUT2D eigenvalue weighted by atomic mass is 32.1. The minimum Gasteiger partial charge on any atom is -0.377 e. The Hall–Kier alpha value is -6.81. The van der Waals surface area contributed by atoms with Crippen LogP contribution in [-0.2, 0) is 62.5 Å². The van der Waals surface area contributed by atoms with Gasteiger partial charge in [-0.3, -0.25) is 24.1 Å². The Labute approximate surface area is 530 Å². The first-order chi connectivity index (χ1) is 43.2. The highest BCUT2D eigenvalue weighted by Crippen LogP contribution is 2.36. The van der Waals surface area contributed by atoms with Crippen LogP contribution in [0.3, 0.4) is 0 Å². The van der Waals surface area contributed by atoms with Crippen LogP contribution in [0.2, 0.25) is 0 Å². The van der Waals surface area contributed by atoms with Gasteiger partial charge in [0.1, 0.15) is 54.0 Å². The summed E-state index contributed by atoms with van der Waals surface area (Å²) < 4.78 is 61.1. The molecule has 4 aliphatic heterocycles. The molecule has 5 aromatic rings. The molecule has 9 rings (SSSR count). The van der Waals surface area contributed by atoms with E-state index in [2.05, 4.69) is 70.2 Å². The molecule has 4 N–H and O–H groups in total. The highest BCUT2D eigenvalue weighted by Gasteiger charge is 2.44. The van der Waals surface area contributed by atoms with E-state index < -0.39 is 40.6 Å². The first-order valence-corrected chi connectivity index (χ1v) is 32.3. The molecule has 0 unspecified atom stereocenters. The molecule has 4 amide bonds. The molecule has 23 nitrogen and oxygen atoms in total. The molecule has 1 spiro atoms. The van der Waals surface area contributed by atoms with Gasteiger partial charge < -0.3 is 59.7 Å². The molecule has 90 heavy (non-hydrogen) atoms. The third kappa shape index (κ3) is 18.9. The third-order valence-corrected chi connectivity index (χ3v) is 18.2. The molecule has 4 fully saturated rings. The summed E-state index contributed by atoms with van der Waals surface area (Å²) in [6.07, 6.45) is 7.80. The van der Waals surface area contributed by atoms with Crippen molar-refractivity contribution in [2.24, 2.45) is 10.8 Å². The van der Waals surface area contributed by atoms with Crippen LogP contribution in [0.4, 0.5) is 26.1 Å². The first kappa shape index (κ1) is 67.6. The van der Waals surface area contributed by atoms with Crippen LogP contribution in [0.25, 0.3) is 10.4 Å². The standard InChI is InChI=1S/C64H90F2N14O9S/c1-44(46-10-12-47(13-11-46)58-45(2)70-43-90-58)71-60(83)52-9-8-18-80(52)61(84)59(62(3,4)5)72-57(82)40-89-32-31-88-30-29-87-28-27-86-26-25-85-24-23-79-38-49(74-75-79)36-67-54-35-55(69-42-68-54)77-21-16-64(17-22-77)41-78(39-56(81)73-64)53-34-50(65)48(33-51(53)66)37-76-19-14-63(6,7)15-20-76/h10-13,33-35,38,42-44,52,59H,8-9,14-32,36-37,39-41H2,1-7H3,(H,71,83)(H,72,82)(H,73,81)(H,67,68,69)/t44-,52-,59+/m0/s1. The maximum Gasteiger partial charge on any atom is 0.246 e. The molecule has 2 aromatic carbocycles. The Balaban J connectivity index is 0.579. The van der Waals surface area contributed by atoms with Crippen LogP contribution >= 0.6 is 11.3 Å². The number of halogens is 2. The lowest BCUT2D eigenvalue weighted by molar-refractivity contribution is -0.144. The maximum atomic E-state index is 15.7. The first-order valence-electron chi connectivity index (χ1n) is 31.5. The lowest BCUT2D eigenvalue weighted by atomic mass is 9.82. The van der Waals surface area contributed by atoms with Gasteiger partial charge in [0.05, 0.1) is 119 Å². The van der Waals surface area contributed by atoms with Crippen molar-refractivity contribution in [3.8, 4) is 10.4 Å². The Morgan fingerprint density at radius 2 is 1.49 bits per heavy atom. The summed E-state index contributed by atoms with van der Waals surface area (Å²) in [4.78, 5) is 75.8. The predicted molar refractivity (Wildman–Crippen MR) is 338 cm³/mol.